The molecular formula is C18H23N3O2S. The molecule has 0 amide bonds. The van der Waals surface area contributed by atoms with Gasteiger partial charge < -0.3 is 0 Å². The van der Waals surface area contributed by atoms with Gasteiger partial charge in [-0.15, -0.1) is 0 Å². The molecule has 6 heteroatoms. The van der Waals surface area contributed by atoms with E-state index < -0.39 is 10.0 Å². The number of piperidine rings is 1. The molecule has 0 radical (unpaired) electrons. The fourth-order valence-electron chi connectivity index (χ4n) is 4.11. The van der Waals surface area contributed by atoms with Gasteiger partial charge in [-0.2, -0.15) is 0 Å². The highest BCUT2D eigenvalue weighted by molar-refractivity contribution is 7.89. The number of benzene rings is 1. The molecule has 2 aromatic rings. The molecule has 24 heavy (non-hydrogen) atoms. The number of nitrogens with one attached hydrogen (secondary N) is 1. The van der Waals surface area contributed by atoms with Gasteiger partial charge >= 0.3 is 0 Å². The Hall–Kier alpha value is -1.50. The smallest absolute Gasteiger partial charge is 0.243 e. The van der Waals surface area contributed by atoms with Crippen LogP contribution in [0.2, 0.25) is 0 Å². The van der Waals surface area contributed by atoms with Crippen molar-refractivity contribution in [1.29, 1.82) is 0 Å². The topological polar surface area (TPSA) is 62.3 Å². The third kappa shape index (κ3) is 2.83. The monoisotopic (exact) mass is 345 g/mol. The van der Waals surface area contributed by atoms with Crippen molar-refractivity contribution in [2.24, 2.45) is 0 Å². The Morgan fingerprint density at radius 1 is 1.21 bits per heavy atom. The second-order valence-electron chi connectivity index (χ2n) is 6.96. The first-order chi connectivity index (χ1) is 11.5. The quantitative estimate of drug-likeness (QED) is 0.928. The summed E-state index contributed by atoms with van der Waals surface area (Å²) in [6.45, 7) is 4.05. The number of pyridine rings is 1. The van der Waals surface area contributed by atoms with Crippen molar-refractivity contribution < 1.29 is 8.42 Å². The van der Waals surface area contributed by atoms with Crippen molar-refractivity contribution in [3.8, 4) is 0 Å². The number of hydrogen-bond acceptors (Lipinski definition) is 4. The number of para-hydroxylation sites is 1. The highest BCUT2D eigenvalue weighted by Crippen LogP contribution is 2.29. The molecule has 1 aromatic heterocycles. The third-order valence-electron chi connectivity index (χ3n) is 5.26. The maximum Gasteiger partial charge on any atom is 0.243 e. The van der Waals surface area contributed by atoms with Gasteiger partial charge in [0.2, 0.25) is 10.0 Å². The minimum absolute atomic E-state index is 0.0102. The van der Waals surface area contributed by atoms with E-state index in [0.717, 1.165) is 36.9 Å². The fraction of sp³-hybridized carbons (Fsp3) is 0.500. The summed E-state index contributed by atoms with van der Waals surface area (Å²) in [5.41, 5.74) is 1.58. The summed E-state index contributed by atoms with van der Waals surface area (Å²) in [7, 11) is -3.57. The summed E-state index contributed by atoms with van der Waals surface area (Å²) in [6, 6.07) is 7.68. The number of fused-ring (bicyclic) bond motifs is 2. The lowest BCUT2D eigenvalue weighted by Crippen LogP contribution is -2.46. The number of nitrogens with zero attached hydrogens (tertiary/aromatic N) is 2. The number of sulfonamides is 1. The minimum Gasteiger partial charge on any atom is -0.299 e. The van der Waals surface area contributed by atoms with E-state index in [4.69, 9.17) is 0 Å². The normalized spacial score (nSPS) is 25.0. The second-order valence-corrected chi connectivity index (χ2v) is 8.64. The summed E-state index contributed by atoms with van der Waals surface area (Å²) in [5, 5.41) is 0.864. The van der Waals surface area contributed by atoms with Crippen molar-refractivity contribution in [3.63, 3.8) is 0 Å². The van der Waals surface area contributed by atoms with Crippen molar-refractivity contribution in [2.45, 2.75) is 49.6 Å². The molecule has 2 saturated heterocycles. The molecule has 3 heterocycles. The number of rotatable bonds is 3. The van der Waals surface area contributed by atoms with Gasteiger partial charge in [-0.1, -0.05) is 18.6 Å². The predicted molar refractivity (Wildman–Crippen MR) is 94.4 cm³/mol. The lowest BCUT2D eigenvalue weighted by Gasteiger charge is -2.32. The standard InChI is InChI=1S/C18H23N3O2S/c1-13-11-14-5-4-7-17(18(14)19-12-13)24(22,23)20-15-8-10-21-9-3-2-6-16(15)21/h4-5,7,11-12,15-16,20H,2-3,6,8-10H2,1H3/t15-,16+/m0/s1. The molecule has 1 aromatic carbocycles. The van der Waals surface area contributed by atoms with Crippen LogP contribution in [0.5, 0.6) is 0 Å². The van der Waals surface area contributed by atoms with Crippen LogP contribution < -0.4 is 4.72 Å². The first-order valence-corrected chi connectivity index (χ1v) is 10.1. The second kappa shape index (κ2) is 6.10. The zero-order valence-corrected chi connectivity index (χ0v) is 14.7. The highest BCUT2D eigenvalue weighted by Gasteiger charge is 2.38. The van der Waals surface area contributed by atoms with E-state index in [1.54, 1.807) is 18.3 Å². The van der Waals surface area contributed by atoms with E-state index in [9.17, 15) is 8.42 Å². The number of aromatic nitrogens is 1. The number of aryl methyl sites for hydroxylation is 1. The van der Waals surface area contributed by atoms with Crippen LogP contribution in [0.3, 0.4) is 0 Å². The molecule has 128 valence electrons. The van der Waals surface area contributed by atoms with E-state index in [-0.39, 0.29) is 10.9 Å². The van der Waals surface area contributed by atoms with Crippen LogP contribution >= 0.6 is 0 Å². The van der Waals surface area contributed by atoms with E-state index in [1.807, 2.05) is 19.1 Å². The Morgan fingerprint density at radius 2 is 2.08 bits per heavy atom. The largest absolute Gasteiger partial charge is 0.299 e. The van der Waals surface area contributed by atoms with Crippen molar-refractivity contribution >= 4 is 20.9 Å². The maximum atomic E-state index is 13.0. The number of hydrogen-bond donors (Lipinski definition) is 1. The van der Waals surface area contributed by atoms with Crippen LogP contribution in [0.15, 0.2) is 35.4 Å². The van der Waals surface area contributed by atoms with Crippen molar-refractivity contribution in [3.05, 3.63) is 36.0 Å². The van der Waals surface area contributed by atoms with Crippen LogP contribution in [0.4, 0.5) is 0 Å². The SMILES string of the molecule is Cc1cnc2c(S(=O)(=O)N[C@H]3CCN4CCCC[C@H]34)cccc2c1. The Balaban J connectivity index is 1.66. The van der Waals surface area contributed by atoms with Crippen molar-refractivity contribution in [2.75, 3.05) is 13.1 Å². The van der Waals surface area contributed by atoms with E-state index in [2.05, 4.69) is 14.6 Å². The zero-order valence-electron chi connectivity index (χ0n) is 13.9. The Kier molecular flexibility index (Phi) is 4.06. The van der Waals surface area contributed by atoms with Crippen LogP contribution in [-0.2, 0) is 10.0 Å². The Morgan fingerprint density at radius 3 is 2.96 bits per heavy atom. The van der Waals surface area contributed by atoms with E-state index in [0.29, 0.717) is 11.6 Å². The summed E-state index contributed by atoms with van der Waals surface area (Å²) in [4.78, 5) is 7.09. The molecule has 2 fully saturated rings. The average Bonchev–Trinajstić information content (AvgIpc) is 2.96. The summed E-state index contributed by atoms with van der Waals surface area (Å²) < 4.78 is 29.0. The van der Waals surface area contributed by atoms with Crippen molar-refractivity contribution in [1.82, 2.24) is 14.6 Å². The average molecular weight is 345 g/mol. The summed E-state index contributed by atoms with van der Waals surface area (Å²) >= 11 is 0. The fourth-order valence-corrected chi connectivity index (χ4v) is 5.59. The van der Waals surface area contributed by atoms with Gasteiger partial charge in [-0.25, -0.2) is 13.1 Å². The molecule has 0 aliphatic carbocycles. The molecule has 0 bridgehead atoms. The highest BCUT2D eigenvalue weighted by atomic mass is 32.2. The van der Waals surface area contributed by atoms with Crippen LogP contribution in [0.1, 0.15) is 31.2 Å². The Labute approximate surface area is 143 Å². The molecular weight excluding hydrogens is 322 g/mol. The van der Waals surface area contributed by atoms with E-state index in [1.165, 1.54) is 12.8 Å². The first kappa shape index (κ1) is 16.0. The molecule has 2 aliphatic heterocycles. The third-order valence-corrected chi connectivity index (χ3v) is 6.78. The van der Waals surface area contributed by atoms with Crippen LogP contribution in [0.25, 0.3) is 10.9 Å². The van der Waals surface area contributed by atoms with Gasteiger partial charge in [0.15, 0.2) is 0 Å². The predicted octanol–water partition coefficient (Wildman–Crippen LogP) is 2.45. The molecule has 2 aliphatic rings. The zero-order chi connectivity index (χ0) is 16.7. The molecule has 0 unspecified atom stereocenters. The Bertz CT molecular complexity index is 866. The van der Waals surface area contributed by atoms with Gasteiger partial charge in [0.1, 0.15) is 4.90 Å². The maximum absolute atomic E-state index is 13.0. The van der Waals surface area contributed by atoms with Gasteiger partial charge in [0, 0.05) is 30.2 Å². The summed E-state index contributed by atoms with van der Waals surface area (Å²) in [6.07, 6.45) is 6.11. The lowest BCUT2D eigenvalue weighted by molar-refractivity contribution is 0.186. The van der Waals surface area contributed by atoms with Crippen LogP contribution in [-0.4, -0.2) is 43.5 Å². The molecule has 4 rings (SSSR count). The first-order valence-electron chi connectivity index (χ1n) is 8.66. The lowest BCUT2D eigenvalue weighted by atomic mass is 10.00. The molecule has 0 saturated carbocycles. The molecule has 5 nitrogen and oxygen atoms in total. The van der Waals surface area contributed by atoms with E-state index >= 15 is 0 Å². The molecule has 0 spiro atoms. The van der Waals surface area contributed by atoms with Gasteiger partial charge in [0.05, 0.1) is 5.52 Å². The minimum atomic E-state index is -3.57. The van der Waals surface area contributed by atoms with Gasteiger partial charge in [0.25, 0.3) is 0 Å². The van der Waals surface area contributed by atoms with Gasteiger partial charge in [-0.3, -0.25) is 9.88 Å². The molecule has 2 atom stereocenters. The van der Waals surface area contributed by atoms with Crippen LogP contribution in [0, 0.1) is 6.92 Å². The molecule has 1 N–H and O–H groups in total. The van der Waals surface area contributed by atoms with Gasteiger partial charge in [-0.05, 0) is 50.4 Å². The summed E-state index contributed by atoms with van der Waals surface area (Å²) in [5.74, 6) is 0.